The van der Waals surface area contributed by atoms with Gasteiger partial charge in [-0.3, -0.25) is 9.79 Å². The molecule has 1 atom stereocenters. The molecule has 4 nitrogen and oxygen atoms in total. The minimum atomic E-state index is -0.168. The Morgan fingerprint density at radius 2 is 1.44 bits per heavy atom. The second-order valence-corrected chi connectivity index (χ2v) is 8.39. The van der Waals surface area contributed by atoms with Gasteiger partial charge in [0.25, 0.3) is 0 Å². The van der Waals surface area contributed by atoms with Gasteiger partial charge in [0.1, 0.15) is 11.7 Å². The van der Waals surface area contributed by atoms with E-state index in [-0.39, 0.29) is 11.3 Å². The van der Waals surface area contributed by atoms with E-state index in [1.54, 1.807) is 0 Å². The van der Waals surface area contributed by atoms with Gasteiger partial charge in [-0.15, -0.1) is 0 Å². The highest BCUT2D eigenvalue weighted by molar-refractivity contribution is 6.07. The van der Waals surface area contributed by atoms with Crippen molar-refractivity contribution in [2.45, 2.75) is 85.5 Å². The van der Waals surface area contributed by atoms with Crippen molar-refractivity contribution in [1.29, 1.82) is 0 Å². The Labute approximate surface area is 196 Å². The molecule has 1 rings (SSSR count). The molecule has 1 N–H and O–H groups in total. The number of nitrogens with one attached hydrogen (secondary N) is 1. The molecule has 4 heteroatoms. The number of hydrogen-bond donors (Lipinski definition) is 1. The molecule has 1 heterocycles. The lowest BCUT2D eigenvalue weighted by Crippen LogP contribution is -2.45. The standard InChI is InChI=1S/C28H43N3O/c1-5-7-8-9-10-11-12-13-14-15-16-17-18-19-20-21-22-23-26(32)31-27-28(4,6-2)24-29-25(3)30-27/h7-8,10-11,13-14,16-17,19-20H,5-6,9,12,15,18,21-24H2,1-4H3,(H,29,30,31,32)/b8-7-,11-10-,14-13-,17-16-,20-19-. The maximum Gasteiger partial charge on any atom is 0.225 e. The fourth-order valence-corrected chi connectivity index (χ4v) is 3.10. The summed E-state index contributed by atoms with van der Waals surface area (Å²) < 4.78 is 0. The molecule has 32 heavy (non-hydrogen) atoms. The Hall–Kier alpha value is -2.49. The Morgan fingerprint density at radius 1 is 0.906 bits per heavy atom. The predicted molar refractivity (Wildman–Crippen MR) is 140 cm³/mol. The highest BCUT2D eigenvalue weighted by Gasteiger charge is 2.32. The third-order valence-corrected chi connectivity index (χ3v) is 5.47. The zero-order valence-electron chi connectivity index (χ0n) is 20.6. The largest absolute Gasteiger partial charge is 0.314 e. The molecule has 0 aliphatic carbocycles. The first-order chi connectivity index (χ1) is 15.5. The number of unbranched alkanes of at least 4 members (excludes halogenated alkanes) is 1. The maximum absolute atomic E-state index is 12.3. The van der Waals surface area contributed by atoms with Crippen LogP contribution in [0.1, 0.15) is 85.5 Å². The van der Waals surface area contributed by atoms with Crippen LogP contribution in [-0.2, 0) is 4.79 Å². The Balaban J connectivity index is 2.12. The van der Waals surface area contributed by atoms with E-state index >= 15 is 0 Å². The Kier molecular flexibility index (Phi) is 14.7. The lowest BCUT2D eigenvalue weighted by atomic mass is 9.85. The average molecular weight is 438 g/mol. The summed E-state index contributed by atoms with van der Waals surface area (Å²) in [6.45, 7) is 8.94. The molecule has 0 saturated carbocycles. The van der Waals surface area contributed by atoms with Crippen LogP contribution in [0.25, 0.3) is 0 Å². The molecule has 0 saturated heterocycles. The van der Waals surface area contributed by atoms with Crippen LogP contribution < -0.4 is 5.32 Å². The number of nitrogens with zero attached hydrogens (tertiary/aromatic N) is 2. The van der Waals surface area contributed by atoms with Crippen LogP contribution in [0.5, 0.6) is 0 Å². The van der Waals surface area contributed by atoms with Crippen LogP contribution in [0, 0.1) is 5.41 Å². The van der Waals surface area contributed by atoms with E-state index in [1.165, 1.54) is 0 Å². The van der Waals surface area contributed by atoms with Gasteiger partial charge in [0.05, 0.1) is 6.54 Å². The normalized spacial score (nSPS) is 19.6. The Bertz CT molecular complexity index is 753. The Morgan fingerprint density at radius 3 is 1.97 bits per heavy atom. The summed E-state index contributed by atoms with van der Waals surface area (Å²) >= 11 is 0. The van der Waals surface area contributed by atoms with Gasteiger partial charge in [-0.25, -0.2) is 4.99 Å². The summed E-state index contributed by atoms with van der Waals surface area (Å²) in [4.78, 5) is 21.2. The second-order valence-electron chi connectivity index (χ2n) is 8.39. The molecule has 0 aromatic rings. The van der Waals surface area contributed by atoms with E-state index in [9.17, 15) is 4.79 Å². The van der Waals surface area contributed by atoms with Gasteiger partial charge in [-0.1, -0.05) is 81.5 Å². The SMILES string of the molecule is CC/C=C\C/C=C\C/C=C\C/C=C\C/C=C\CCCC(=O)NC1=NC(C)=NCC1(C)CC. The number of carbonyl (C=O) groups is 1. The van der Waals surface area contributed by atoms with E-state index in [4.69, 9.17) is 0 Å². The number of hydrogen-bond acceptors (Lipinski definition) is 3. The van der Waals surface area contributed by atoms with Crippen molar-refractivity contribution in [2.75, 3.05) is 6.54 Å². The fourth-order valence-electron chi connectivity index (χ4n) is 3.10. The first-order valence-corrected chi connectivity index (χ1v) is 12.2. The molecule has 1 unspecified atom stereocenters. The van der Waals surface area contributed by atoms with Crippen molar-refractivity contribution < 1.29 is 4.79 Å². The minimum absolute atomic E-state index is 0.0467. The zero-order valence-corrected chi connectivity index (χ0v) is 20.6. The van der Waals surface area contributed by atoms with Crippen molar-refractivity contribution in [3.63, 3.8) is 0 Å². The van der Waals surface area contributed by atoms with E-state index in [0.29, 0.717) is 13.0 Å². The van der Waals surface area contributed by atoms with Crippen LogP contribution in [-0.4, -0.2) is 24.1 Å². The van der Waals surface area contributed by atoms with Crippen molar-refractivity contribution >= 4 is 17.6 Å². The highest BCUT2D eigenvalue weighted by Crippen LogP contribution is 2.25. The third-order valence-electron chi connectivity index (χ3n) is 5.47. The topological polar surface area (TPSA) is 53.8 Å². The van der Waals surface area contributed by atoms with Crippen molar-refractivity contribution in [3.05, 3.63) is 60.8 Å². The van der Waals surface area contributed by atoms with Crippen LogP contribution in [0.2, 0.25) is 0 Å². The summed E-state index contributed by atoms with van der Waals surface area (Å²) in [5.41, 5.74) is -0.168. The van der Waals surface area contributed by atoms with Crippen molar-refractivity contribution in [1.82, 2.24) is 5.32 Å². The monoisotopic (exact) mass is 437 g/mol. The molecule has 0 aromatic heterocycles. The molecule has 0 fully saturated rings. The van der Waals surface area contributed by atoms with Gasteiger partial charge in [0.15, 0.2) is 0 Å². The van der Waals surface area contributed by atoms with Gasteiger partial charge in [-0.05, 0) is 58.3 Å². The summed E-state index contributed by atoms with van der Waals surface area (Å²) in [6.07, 6.45) is 30.2. The number of allylic oxidation sites excluding steroid dienone is 10. The molecule has 1 amide bonds. The maximum atomic E-state index is 12.3. The number of aliphatic imine (C=N–C) groups is 2. The lowest BCUT2D eigenvalue weighted by Gasteiger charge is -2.31. The van der Waals surface area contributed by atoms with Gasteiger partial charge >= 0.3 is 0 Å². The molecule has 0 bridgehead atoms. The van der Waals surface area contributed by atoms with Crippen LogP contribution in [0.4, 0.5) is 0 Å². The van der Waals surface area contributed by atoms with E-state index in [1.807, 2.05) is 6.92 Å². The average Bonchev–Trinajstić information content (AvgIpc) is 2.78. The van der Waals surface area contributed by atoms with Crippen molar-refractivity contribution in [2.24, 2.45) is 15.4 Å². The molecular formula is C28H43N3O. The van der Waals surface area contributed by atoms with E-state index < -0.39 is 0 Å². The van der Waals surface area contributed by atoms with E-state index in [0.717, 1.165) is 63.0 Å². The molecular weight excluding hydrogens is 394 g/mol. The van der Waals surface area contributed by atoms with E-state index in [2.05, 4.69) is 96.8 Å². The fraction of sp³-hybridized carbons (Fsp3) is 0.536. The van der Waals surface area contributed by atoms with Crippen molar-refractivity contribution in [3.8, 4) is 0 Å². The summed E-state index contributed by atoms with van der Waals surface area (Å²) in [5.74, 6) is 1.56. The zero-order chi connectivity index (χ0) is 23.5. The number of amidine groups is 2. The second kappa shape index (κ2) is 17.1. The van der Waals surface area contributed by atoms with Gasteiger partial charge in [0, 0.05) is 11.8 Å². The molecule has 0 aromatic carbocycles. The molecule has 0 spiro atoms. The number of amides is 1. The van der Waals surface area contributed by atoms with Crippen LogP contribution >= 0.6 is 0 Å². The number of carbonyl (C=O) groups excluding carboxylic acids is 1. The summed E-state index contributed by atoms with van der Waals surface area (Å²) in [6, 6.07) is 0. The van der Waals surface area contributed by atoms with Gasteiger partial charge in [0.2, 0.25) is 5.91 Å². The lowest BCUT2D eigenvalue weighted by molar-refractivity contribution is -0.119. The quantitative estimate of drug-likeness (QED) is 0.225. The van der Waals surface area contributed by atoms with Crippen LogP contribution in [0.15, 0.2) is 70.7 Å². The smallest absolute Gasteiger partial charge is 0.225 e. The molecule has 0 radical (unpaired) electrons. The molecule has 1 aliphatic heterocycles. The summed E-state index contributed by atoms with van der Waals surface area (Å²) in [7, 11) is 0. The minimum Gasteiger partial charge on any atom is -0.314 e. The highest BCUT2D eigenvalue weighted by atomic mass is 16.1. The molecule has 1 aliphatic rings. The summed E-state index contributed by atoms with van der Waals surface area (Å²) in [5, 5.41) is 3.03. The first-order valence-electron chi connectivity index (χ1n) is 12.2. The number of rotatable bonds is 14. The first kappa shape index (κ1) is 27.5. The van der Waals surface area contributed by atoms with Crippen LogP contribution in [0.3, 0.4) is 0 Å². The molecule has 176 valence electrons. The predicted octanol–water partition coefficient (Wildman–Crippen LogP) is 7.27. The van der Waals surface area contributed by atoms with Gasteiger partial charge < -0.3 is 5.32 Å². The third kappa shape index (κ3) is 12.4. The van der Waals surface area contributed by atoms with Gasteiger partial charge in [-0.2, -0.15) is 0 Å².